The van der Waals surface area contributed by atoms with Crippen molar-refractivity contribution in [2.45, 2.75) is 56.9 Å². The summed E-state index contributed by atoms with van der Waals surface area (Å²) in [6.07, 6.45) is 4.50. The lowest BCUT2D eigenvalue weighted by atomic mass is 10.2. The number of nitrogens with zero attached hydrogens (tertiary/aromatic N) is 2. The minimum absolute atomic E-state index is 0.0874. The third-order valence-corrected chi connectivity index (χ3v) is 5.35. The van der Waals surface area contributed by atoms with Gasteiger partial charge in [-0.05, 0) is 26.2 Å². The summed E-state index contributed by atoms with van der Waals surface area (Å²) in [5.41, 5.74) is 0.284. The predicted octanol–water partition coefficient (Wildman–Crippen LogP) is 2.30. The monoisotopic (exact) mass is 333 g/mol. The molecule has 1 aromatic heterocycles. The van der Waals surface area contributed by atoms with Gasteiger partial charge in [0.25, 0.3) is 15.0 Å². The van der Waals surface area contributed by atoms with Crippen LogP contribution >= 0.6 is 10.7 Å². The van der Waals surface area contributed by atoms with Crippen molar-refractivity contribution in [2.75, 3.05) is 6.54 Å². The van der Waals surface area contributed by atoms with E-state index in [0.29, 0.717) is 18.7 Å². The standard InChI is InChI=1S/C13H20ClN3O3S/c1-3-10-12(21(14,19)20)11(16-15-10)13(18)17(4-2)9-7-5-6-8-9/h9H,3-8H2,1-2H3,(H,15,16). The number of hydrogen-bond donors (Lipinski definition) is 1. The van der Waals surface area contributed by atoms with E-state index in [-0.39, 0.29) is 22.5 Å². The molecule has 1 N–H and O–H groups in total. The third kappa shape index (κ3) is 3.23. The van der Waals surface area contributed by atoms with Gasteiger partial charge >= 0.3 is 0 Å². The zero-order valence-electron chi connectivity index (χ0n) is 12.2. The van der Waals surface area contributed by atoms with Crippen molar-refractivity contribution in [2.24, 2.45) is 0 Å². The van der Waals surface area contributed by atoms with Crippen LogP contribution in [0, 0.1) is 0 Å². The summed E-state index contributed by atoms with van der Waals surface area (Å²) in [6.45, 7) is 4.19. The van der Waals surface area contributed by atoms with Crippen LogP contribution in [0.3, 0.4) is 0 Å². The number of carbonyl (C=O) groups is 1. The maximum atomic E-state index is 12.7. The van der Waals surface area contributed by atoms with Crippen LogP contribution in [0.4, 0.5) is 0 Å². The van der Waals surface area contributed by atoms with Crippen LogP contribution in [0.2, 0.25) is 0 Å². The van der Waals surface area contributed by atoms with E-state index in [0.717, 1.165) is 25.7 Å². The Balaban J connectivity index is 2.41. The summed E-state index contributed by atoms with van der Waals surface area (Å²) >= 11 is 0. The number of nitrogens with one attached hydrogen (secondary N) is 1. The van der Waals surface area contributed by atoms with Gasteiger partial charge in [-0.2, -0.15) is 5.10 Å². The highest BCUT2D eigenvalue weighted by Crippen LogP contribution is 2.28. The van der Waals surface area contributed by atoms with Gasteiger partial charge in [-0.3, -0.25) is 9.89 Å². The van der Waals surface area contributed by atoms with Crippen molar-refractivity contribution in [3.63, 3.8) is 0 Å². The minimum atomic E-state index is -4.01. The number of aryl methyl sites for hydroxylation is 1. The van der Waals surface area contributed by atoms with Gasteiger partial charge in [-0.1, -0.05) is 19.8 Å². The van der Waals surface area contributed by atoms with Crippen molar-refractivity contribution in [3.05, 3.63) is 11.4 Å². The molecule has 0 aliphatic heterocycles. The Morgan fingerprint density at radius 2 is 2.00 bits per heavy atom. The number of halogens is 1. The van der Waals surface area contributed by atoms with E-state index >= 15 is 0 Å². The van der Waals surface area contributed by atoms with E-state index in [9.17, 15) is 13.2 Å². The zero-order chi connectivity index (χ0) is 15.6. The second-order valence-corrected chi connectivity index (χ2v) is 7.70. The summed E-state index contributed by atoms with van der Waals surface area (Å²) in [5, 5.41) is 6.53. The molecule has 0 atom stereocenters. The van der Waals surface area contributed by atoms with E-state index in [4.69, 9.17) is 10.7 Å². The summed E-state index contributed by atoms with van der Waals surface area (Å²) in [4.78, 5) is 14.2. The topological polar surface area (TPSA) is 83.1 Å². The number of H-pyrrole nitrogens is 1. The average molecular weight is 334 g/mol. The quantitative estimate of drug-likeness (QED) is 0.838. The highest BCUT2D eigenvalue weighted by molar-refractivity contribution is 8.13. The van der Waals surface area contributed by atoms with Crippen molar-refractivity contribution in [3.8, 4) is 0 Å². The fourth-order valence-electron chi connectivity index (χ4n) is 2.93. The predicted molar refractivity (Wildman–Crippen MR) is 80.0 cm³/mol. The molecule has 0 radical (unpaired) electrons. The Hall–Kier alpha value is -1.08. The van der Waals surface area contributed by atoms with Crippen molar-refractivity contribution in [1.82, 2.24) is 15.1 Å². The Kier molecular flexibility index (Phi) is 4.93. The minimum Gasteiger partial charge on any atom is -0.335 e. The van der Waals surface area contributed by atoms with Gasteiger partial charge in [0.05, 0.1) is 5.69 Å². The van der Waals surface area contributed by atoms with Crippen LogP contribution in [-0.2, 0) is 15.5 Å². The van der Waals surface area contributed by atoms with E-state index in [1.807, 2.05) is 6.92 Å². The normalized spacial score (nSPS) is 16.3. The molecule has 1 amide bonds. The summed E-state index contributed by atoms with van der Waals surface area (Å²) in [7, 11) is 1.47. The SMILES string of the molecule is CCc1[nH]nc(C(=O)N(CC)C2CCCC2)c1S(=O)(=O)Cl. The molecule has 2 rings (SSSR count). The number of aromatic nitrogens is 2. The number of hydrogen-bond acceptors (Lipinski definition) is 4. The first-order valence-corrected chi connectivity index (χ1v) is 9.53. The largest absolute Gasteiger partial charge is 0.335 e. The van der Waals surface area contributed by atoms with Crippen molar-refractivity contribution >= 4 is 25.6 Å². The molecular weight excluding hydrogens is 314 g/mol. The molecule has 1 aromatic rings. The van der Waals surface area contributed by atoms with Gasteiger partial charge in [-0.25, -0.2) is 8.42 Å². The summed E-state index contributed by atoms with van der Waals surface area (Å²) in [6, 6.07) is 0.162. The van der Waals surface area contributed by atoms with Crippen LogP contribution in [0.1, 0.15) is 55.7 Å². The molecule has 1 aliphatic carbocycles. The van der Waals surface area contributed by atoms with Crippen LogP contribution in [0.15, 0.2) is 4.90 Å². The molecule has 0 spiro atoms. The fourth-order valence-corrected chi connectivity index (χ4v) is 4.28. The maximum absolute atomic E-state index is 12.7. The molecule has 1 heterocycles. The Bertz CT molecular complexity index is 621. The van der Waals surface area contributed by atoms with Gasteiger partial charge in [0.15, 0.2) is 5.69 Å². The smallest absolute Gasteiger partial charge is 0.276 e. The highest BCUT2D eigenvalue weighted by atomic mass is 35.7. The molecule has 8 heteroatoms. The van der Waals surface area contributed by atoms with Gasteiger partial charge in [0.1, 0.15) is 4.90 Å². The van der Waals surface area contributed by atoms with Crippen molar-refractivity contribution < 1.29 is 13.2 Å². The second-order valence-electron chi connectivity index (χ2n) is 5.20. The van der Waals surface area contributed by atoms with Crippen molar-refractivity contribution in [1.29, 1.82) is 0 Å². The molecule has 0 saturated heterocycles. The van der Waals surface area contributed by atoms with E-state index < -0.39 is 9.05 Å². The molecule has 0 aromatic carbocycles. The van der Waals surface area contributed by atoms with Crippen LogP contribution < -0.4 is 0 Å². The molecule has 0 unspecified atom stereocenters. The molecule has 0 bridgehead atoms. The van der Waals surface area contributed by atoms with Gasteiger partial charge in [0.2, 0.25) is 0 Å². The van der Waals surface area contributed by atoms with Crippen LogP contribution in [0.25, 0.3) is 0 Å². The van der Waals surface area contributed by atoms with Gasteiger partial charge in [-0.15, -0.1) is 0 Å². The first kappa shape index (κ1) is 16.3. The molecule has 1 aliphatic rings. The lowest BCUT2D eigenvalue weighted by Gasteiger charge is -2.27. The molecule has 21 heavy (non-hydrogen) atoms. The molecule has 6 nitrogen and oxygen atoms in total. The van der Waals surface area contributed by atoms with Gasteiger partial charge < -0.3 is 4.90 Å². The molecule has 1 fully saturated rings. The number of rotatable bonds is 5. The fraction of sp³-hybridized carbons (Fsp3) is 0.692. The Morgan fingerprint density at radius 3 is 2.48 bits per heavy atom. The molecule has 1 saturated carbocycles. The van der Waals surface area contributed by atoms with E-state index in [1.165, 1.54) is 0 Å². The summed E-state index contributed by atoms with van der Waals surface area (Å²) in [5.74, 6) is -0.362. The van der Waals surface area contributed by atoms with Gasteiger partial charge in [0, 0.05) is 23.3 Å². The summed E-state index contributed by atoms with van der Waals surface area (Å²) < 4.78 is 23.5. The van der Waals surface area contributed by atoms with E-state index in [2.05, 4.69) is 10.2 Å². The third-order valence-electron chi connectivity index (χ3n) is 3.96. The molecule has 118 valence electrons. The highest BCUT2D eigenvalue weighted by Gasteiger charge is 2.33. The zero-order valence-corrected chi connectivity index (χ0v) is 13.8. The number of carbonyl (C=O) groups excluding carboxylic acids is 1. The molecular formula is C13H20ClN3O3S. The van der Waals surface area contributed by atoms with Crippen LogP contribution in [-0.4, -0.2) is 42.0 Å². The second kappa shape index (κ2) is 6.36. The lowest BCUT2D eigenvalue weighted by Crippen LogP contribution is -2.39. The number of aromatic amines is 1. The van der Waals surface area contributed by atoms with E-state index in [1.54, 1.807) is 11.8 Å². The lowest BCUT2D eigenvalue weighted by molar-refractivity contribution is 0.0683. The first-order chi connectivity index (χ1) is 9.90. The Morgan fingerprint density at radius 1 is 1.38 bits per heavy atom. The number of amides is 1. The first-order valence-electron chi connectivity index (χ1n) is 7.23. The maximum Gasteiger partial charge on any atom is 0.276 e. The average Bonchev–Trinajstić information content (AvgIpc) is 3.07. The Labute approximate surface area is 129 Å². The van der Waals surface area contributed by atoms with Crippen LogP contribution in [0.5, 0.6) is 0 Å².